The third kappa shape index (κ3) is 7.84. The summed E-state index contributed by atoms with van der Waals surface area (Å²) in [4.78, 5) is 5.34. The van der Waals surface area contributed by atoms with Crippen LogP contribution in [0.2, 0.25) is 0 Å². The van der Waals surface area contributed by atoms with E-state index in [0.717, 1.165) is 25.3 Å². The lowest BCUT2D eigenvalue weighted by Gasteiger charge is -2.39. The molecule has 37 heavy (non-hydrogen) atoms. The first kappa shape index (κ1) is 28.2. The van der Waals surface area contributed by atoms with Crippen LogP contribution in [0.15, 0.2) is 41.0 Å². The van der Waals surface area contributed by atoms with E-state index in [1.165, 1.54) is 87.9 Å². The van der Waals surface area contributed by atoms with Crippen LogP contribution in [-0.2, 0) is 6.54 Å². The monoisotopic (exact) mass is 508 g/mol. The zero-order chi connectivity index (χ0) is 26.2. The van der Waals surface area contributed by atoms with Gasteiger partial charge >= 0.3 is 0 Å². The second kappa shape index (κ2) is 13.8. The van der Waals surface area contributed by atoms with Gasteiger partial charge in [0.25, 0.3) is 0 Å². The topological polar surface area (TPSA) is 39.8 Å². The molecular formula is C32H52N4O. The molecule has 1 aromatic rings. The number of rotatable bonds is 11. The first-order chi connectivity index (χ1) is 17.9. The van der Waals surface area contributed by atoms with E-state index in [0.29, 0.717) is 18.1 Å². The summed E-state index contributed by atoms with van der Waals surface area (Å²) in [5.74, 6) is 0.952. The van der Waals surface area contributed by atoms with Gasteiger partial charge in [0.1, 0.15) is 5.75 Å². The molecular weight excluding hydrogens is 456 g/mol. The Labute approximate surface area is 226 Å². The summed E-state index contributed by atoms with van der Waals surface area (Å²) in [5.41, 5.74) is 7.43. The first-order valence-corrected chi connectivity index (χ1v) is 15.0. The molecule has 5 heteroatoms. The minimum absolute atomic E-state index is 0.427. The van der Waals surface area contributed by atoms with Crippen LogP contribution in [0.4, 0.5) is 5.69 Å². The number of piperidine rings is 2. The molecule has 2 saturated heterocycles. The Kier molecular flexibility index (Phi) is 10.5. The fraction of sp³-hybridized carbons (Fsp3) is 0.688. The van der Waals surface area contributed by atoms with Crippen molar-refractivity contribution < 1.29 is 4.74 Å². The van der Waals surface area contributed by atoms with Gasteiger partial charge in [-0.25, -0.2) is 0 Å². The van der Waals surface area contributed by atoms with Gasteiger partial charge in [-0.05, 0) is 101 Å². The van der Waals surface area contributed by atoms with Crippen LogP contribution in [0.25, 0.3) is 0 Å². The Morgan fingerprint density at radius 2 is 1.62 bits per heavy atom. The highest BCUT2D eigenvalue weighted by Crippen LogP contribution is 2.33. The zero-order valence-electron chi connectivity index (χ0n) is 24.2. The largest absolute Gasteiger partial charge is 0.497 e. The molecule has 2 heterocycles. The van der Waals surface area contributed by atoms with Gasteiger partial charge in [0.15, 0.2) is 0 Å². The van der Waals surface area contributed by atoms with Crippen LogP contribution < -0.4 is 20.3 Å². The van der Waals surface area contributed by atoms with Crippen LogP contribution in [0.5, 0.6) is 5.75 Å². The number of likely N-dealkylation sites (tertiary alicyclic amines) is 1. The summed E-state index contributed by atoms with van der Waals surface area (Å²) in [5, 5.41) is 7.58. The number of hydrogen-bond donors (Lipinski definition) is 2. The summed E-state index contributed by atoms with van der Waals surface area (Å²) in [7, 11) is 1.77. The highest BCUT2D eigenvalue weighted by Gasteiger charge is 2.29. The van der Waals surface area contributed by atoms with Crippen molar-refractivity contribution in [1.29, 1.82) is 0 Å². The molecule has 0 bridgehead atoms. The number of anilines is 1. The lowest BCUT2D eigenvalue weighted by molar-refractivity contribution is 0.178. The Bertz CT molecular complexity index is 925. The summed E-state index contributed by atoms with van der Waals surface area (Å²) >= 11 is 0. The molecule has 3 aliphatic rings. The van der Waals surface area contributed by atoms with Crippen LogP contribution in [0, 0.1) is 0 Å². The second-order valence-corrected chi connectivity index (χ2v) is 11.9. The van der Waals surface area contributed by atoms with E-state index in [2.05, 4.69) is 72.4 Å². The fourth-order valence-corrected chi connectivity index (χ4v) is 6.33. The summed E-state index contributed by atoms with van der Waals surface area (Å²) in [6.07, 6.45) is 12.8. The van der Waals surface area contributed by atoms with Gasteiger partial charge in [-0.2, -0.15) is 0 Å². The van der Waals surface area contributed by atoms with Gasteiger partial charge in [0, 0.05) is 50.0 Å². The van der Waals surface area contributed by atoms with E-state index < -0.39 is 0 Å². The fourth-order valence-electron chi connectivity index (χ4n) is 6.33. The maximum atomic E-state index is 5.58. The second-order valence-electron chi connectivity index (χ2n) is 11.9. The smallest absolute Gasteiger partial charge is 0.119 e. The molecule has 2 N–H and O–H groups in total. The van der Waals surface area contributed by atoms with Crippen molar-refractivity contribution in [3.63, 3.8) is 0 Å². The normalized spacial score (nSPS) is 22.4. The van der Waals surface area contributed by atoms with Crippen molar-refractivity contribution in [3.8, 4) is 5.75 Å². The van der Waals surface area contributed by atoms with Crippen LogP contribution in [0.1, 0.15) is 84.6 Å². The average Bonchev–Trinajstić information content (AvgIpc) is 2.92. The third-order valence-corrected chi connectivity index (χ3v) is 8.55. The van der Waals surface area contributed by atoms with Gasteiger partial charge in [0.2, 0.25) is 0 Å². The summed E-state index contributed by atoms with van der Waals surface area (Å²) in [6.45, 7) is 15.9. The highest BCUT2D eigenvalue weighted by atomic mass is 16.5. The van der Waals surface area contributed by atoms with E-state index in [-0.39, 0.29) is 0 Å². The molecule has 0 aromatic heterocycles. The highest BCUT2D eigenvalue weighted by molar-refractivity contribution is 5.56. The minimum atomic E-state index is 0.427. The van der Waals surface area contributed by atoms with Gasteiger partial charge in [-0.1, -0.05) is 37.5 Å². The molecule has 1 aromatic carbocycles. The maximum Gasteiger partial charge on any atom is 0.119 e. The first-order valence-electron chi connectivity index (χ1n) is 15.0. The summed E-state index contributed by atoms with van der Waals surface area (Å²) in [6, 6.07) is 8.12. The molecule has 4 rings (SSSR count). The Balaban J connectivity index is 1.43. The van der Waals surface area contributed by atoms with Crippen molar-refractivity contribution in [1.82, 2.24) is 15.5 Å². The maximum absolute atomic E-state index is 5.58. The molecule has 5 nitrogen and oxygen atoms in total. The molecule has 2 fully saturated rings. The van der Waals surface area contributed by atoms with Crippen LogP contribution >= 0.6 is 0 Å². The Morgan fingerprint density at radius 1 is 0.919 bits per heavy atom. The van der Waals surface area contributed by atoms with E-state index in [1.54, 1.807) is 18.3 Å². The number of nitrogens with one attached hydrogen (secondary N) is 2. The van der Waals surface area contributed by atoms with E-state index in [1.807, 2.05) is 0 Å². The van der Waals surface area contributed by atoms with Gasteiger partial charge in [0.05, 0.1) is 7.11 Å². The molecule has 0 saturated carbocycles. The van der Waals surface area contributed by atoms with Crippen LogP contribution in [0.3, 0.4) is 0 Å². The van der Waals surface area contributed by atoms with Gasteiger partial charge in [-0.15, -0.1) is 0 Å². The third-order valence-electron chi connectivity index (χ3n) is 8.55. The molecule has 2 atom stereocenters. The zero-order valence-corrected chi connectivity index (χ0v) is 24.2. The van der Waals surface area contributed by atoms with Gasteiger partial charge < -0.3 is 20.3 Å². The number of nitrogens with zero attached hydrogens (tertiary/aromatic N) is 2. The lowest BCUT2D eigenvalue weighted by Crippen LogP contribution is -2.44. The molecule has 0 radical (unpaired) electrons. The number of allylic oxidation sites excluding steroid dienone is 2. The number of ether oxygens (including phenoxy) is 1. The van der Waals surface area contributed by atoms with E-state index >= 15 is 0 Å². The number of benzene rings is 1. The summed E-state index contributed by atoms with van der Waals surface area (Å²) < 4.78 is 5.58. The average molecular weight is 509 g/mol. The predicted molar refractivity (Wildman–Crippen MR) is 158 cm³/mol. The molecule has 0 amide bonds. The van der Waals surface area contributed by atoms with Crippen molar-refractivity contribution in [2.45, 2.75) is 104 Å². The molecule has 2 aliphatic heterocycles. The van der Waals surface area contributed by atoms with Crippen molar-refractivity contribution in [2.75, 3.05) is 44.7 Å². The predicted octanol–water partition coefficient (Wildman–Crippen LogP) is 6.05. The molecule has 0 spiro atoms. The lowest BCUT2D eigenvalue weighted by atomic mass is 9.84. The standard InChI is InChI=1S/C32H52N4O/c1-24(2)33-22-28-18-25(3)27(21-32(28)36-16-10-7-11-17-36)19-26(4)34-23-29-20-30(37-5)12-13-31(29)35-14-8-6-9-15-35/h12-13,18,20,24,26,32-34H,6-11,14-17,19,21-23H2,1-5H3. The molecule has 1 aliphatic carbocycles. The molecule has 206 valence electrons. The quantitative estimate of drug-likeness (QED) is 0.381. The van der Waals surface area contributed by atoms with Gasteiger partial charge in [-0.3, -0.25) is 4.90 Å². The van der Waals surface area contributed by atoms with Crippen molar-refractivity contribution in [3.05, 3.63) is 46.6 Å². The number of methoxy groups -OCH3 is 1. The minimum Gasteiger partial charge on any atom is -0.497 e. The van der Waals surface area contributed by atoms with E-state index in [9.17, 15) is 0 Å². The van der Waals surface area contributed by atoms with Crippen LogP contribution in [-0.4, -0.2) is 62.9 Å². The number of hydrogen-bond acceptors (Lipinski definition) is 5. The molecule has 2 unspecified atom stereocenters. The van der Waals surface area contributed by atoms with Crippen molar-refractivity contribution >= 4 is 5.69 Å². The SMILES string of the molecule is COc1ccc(N2CCCCC2)c(CNC(C)CC2=C(C)C=C(CNC(C)C)C(N3CCCCC3)C2)c1. The van der Waals surface area contributed by atoms with Crippen molar-refractivity contribution in [2.24, 2.45) is 0 Å². The Hall–Kier alpha value is -1.82. The Morgan fingerprint density at radius 3 is 2.30 bits per heavy atom. The van der Waals surface area contributed by atoms with E-state index in [4.69, 9.17) is 4.74 Å².